The smallest absolute Gasteiger partial charge is 0.329 e. The topological polar surface area (TPSA) is 111 Å². The van der Waals surface area contributed by atoms with E-state index >= 15 is 0 Å². The fourth-order valence-corrected chi connectivity index (χ4v) is 3.67. The van der Waals surface area contributed by atoms with E-state index < -0.39 is 47.9 Å². The Hall–Kier alpha value is -2.90. The molecular formula is C25H36N2O6. The molecule has 1 aromatic carbocycles. The van der Waals surface area contributed by atoms with Crippen LogP contribution in [0, 0.1) is 23.7 Å². The zero-order valence-electron chi connectivity index (χ0n) is 20.3. The van der Waals surface area contributed by atoms with Crippen molar-refractivity contribution in [1.82, 2.24) is 10.6 Å². The molecule has 0 aliphatic carbocycles. The molecule has 33 heavy (non-hydrogen) atoms. The number of carbonyl (C=O) groups is 4. The van der Waals surface area contributed by atoms with Gasteiger partial charge in [-0.1, -0.05) is 78.3 Å². The summed E-state index contributed by atoms with van der Waals surface area (Å²) in [6.45, 7) is 11.2. The van der Waals surface area contributed by atoms with Crippen LogP contribution >= 0.6 is 0 Å². The van der Waals surface area contributed by atoms with E-state index in [1.807, 2.05) is 58.0 Å². The summed E-state index contributed by atoms with van der Waals surface area (Å²) in [6, 6.07) is 7.55. The zero-order chi connectivity index (χ0) is 24.7. The van der Waals surface area contributed by atoms with Crippen molar-refractivity contribution < 1.29 is 28.7 Å². The number of amides is 2. The Morgan fingerprint density at radius 2 is 1.64 bits per heavy atom. The maximum atomic E-state index is 13.1. The number of carbonyl (C=O) groups excluding carboxylic acids is 4. The van der Waals surface area contributed by atoms with E-state index in [1.54, 1.807) is 13.8 Å². The number of cyclic esters (lactones) is 1. The number of rotatable bonds is 11. The molecule has 2 rings (SSSR count). The molecule has 0 bridgehead atoms. The number of hydrogen-bond acceptors (Lipinski definition) is 6. The van der Waals surface area contributed by atoms with Crippen molar-refractivity contribution >= 4 is 23.8 Å². The van der Waals surface area contributed by atoms with Crippen molar-refractivity contribution in [1.29, 1.82) is 0 Å². The second kappa shape index (κ2) is 11.8. The third-order valence-electron chi connectivity index (χ3n) is 6.05. The minimum atomic E-state index is -0.909. The molecule has 1 aliphatic rings. The molecule has 0 saturated carbocycles. The first kappa shape index (κ1) is 26.4. The van der Waals surface area contributed by atoms with Crippen LogP contribution in [0.1, 0.15) is 53.5 Å². The summed E-state index contributed by atoms with van der Waals surface area (Å²) >= 11 is 0. The second-order valence-corrected chi connectivity index (χ2v) is 9.32. The molecular weight excluding hydrogens is 424 g/mol. The van der Waals surface area contributed by atoms with Crippen molar-refractivity contribution in [3.63, 3.8) is 0 Å². The summed E-state index contributed by atoms with van der Waals surface area (Å²) in [5.74, 6) is -2.92. The highest BCUT2D eigenvalue weighted by molar-refractivity contribution is 5.97. The third-order valence-corrected chi connectivity index (χ3v) is 6.05. The number of ether oxygens (including phenoxy) is 2. The predicted molar refractivity (Wildman–Crippen MR) is 123 cm³/mol. The Kier molecular flexibility index (Phi) is 9.44. The average molecular weight is 461 g/mol. The maximum Gasteiger partial charge on any atom is 0.329 e. The Balaban J connectivity index is 2.05. The van der Waals surface area contributed by atoms with Crippen LogP contribution in [0.5, 0.6) is 0 Å². The van der Waals surface area contributed by atoms with Gasteiger partial charge in [0.2, 0.25) is 5.91 Å². The lowest BCUT2D eigenvalue weighted by atomic mass is 9.85. The summed E-state index contributed by atoms with van der Waals surface area (Å²) < 4.78 is 10.5. The first-order chi connectivity index (χ1) is 15.6. The Labute approximate surface area is 195 Å². The fraction of sp³-hybridized carbons (Fsp3) is 0.600. The number of nitrogens with one attached hydrogen (secondary N) is 2. The second-order valence-electron chi connectivity index (χ2n) is 9.32. The van der Waals surface area contributed by atoms with E-state index in [0.717, 1.165) is 5.56 Å². The Bertz CT molecular complexity index is 839. The molecule has 1 saturated heterocycles. The van der Waals surface area contributed by atoms with Gasteiger partial charge in [0.05, 0.1) is 0 Å². The van der Waals surface area contributed by atoms with Crippen LogP contribution in [0.3, 0.4) is 0 Å². The fourth-order valence-electron chi connectivity index (χ4n) is 3.67. The van der Waals surface area contributed by atoms with Gasteiger partial charge < -0.3 is 20.1 Å². The molecule has 1 aliphatic heterocycles. The summed E-state index contributed by atoms with van der Waals surface area (Å²) in [4.78, 5) is 50.3. The van der Waals surface area contributed by atoms with E-state index in [9.17, 15) is 19.2 Å². The molecule has 0 aromatic heterocycles. The van der Waals surface area contributed by atoms with E-state index in [2.05, 4.69) is 10.6 Å². The van der Waals surface area contributed by atoms with Crippen molar-refractivity contribution in [3.8, 4) is 0 Å². The molecule has 1 heterocycles. The van der Waals surface area contributed by atoms with Gasteiger partial charge in [0.1, 0.15) is 24.6 Å². The monoisotopic (exact) mass is 460 g/mol. The van der Waals surface area contributed by atoms with Crippen LogP contribution in [0.4, 0.5) is 0 Å². The molecule has 5 atom stereocenters. The van der Waals surface area contributed by atoms with Crippen molar-refractivity contribution in [2.75, 3.05) is 0 Å². The predicted octanol–water partition coefficient (Wildman–Crippen LogP) is 2.60. The van der Waals surface area contributed by atoms with Gasteiger partial charge in [-0.05, 0) is 23.3 Å². The van der Waals surface area contributed by atoms with Gasteiger partial charge in [-0.2, -0.15) is 0 Å². The SMILES string of the molecule is CC[C@H](C)[C@H](NC(=O)[C@@H](NC(=O)[C@@H]1OC(=O)[C@H]1C(C)C)C(C)C)C(=O)OCc1ccccc1. The first-order valence-electron chi connectivity index (χ1n) is 11.6. The largest absolute Gasteiger partial charge is 0.459 e. The van der Waals surface area contributed by atoms with Crippen LogP contribution < -0.4 is 10.6 Å². The van der Waals surface area contributed by atoms with Gasteiger partial charge in [0, 0.05) is 0 Å². The van der Waals surface area contributed by atoms with Gasteiger partial charge in [-0.15, -0.1) is 0 Å². The van der Waals surface area contributed by atoms with E-state index in [0.29, 0.717) is 6.42 Å². The Morgan fingerprint density at radius 3 is 2.15 bits per heavy atom. The van der Waals surface area contributed by atoms with Crippen LogP contribution in [0.25, 0.3) is 0 Å². The molecule has 1 aromatic rings. The normalized spacial score (nSPS) is 20.3. The van der Waals surface area contributed by atoms with Crippen molar-refractivity contribution in [2.45, 2.75) is 72.8 Å². The van der Waals surface area contributed by atoms with Gasteiger partial charge in [0.15, 0.2) is 6.10 Å². The quantitative estimate of drug-likeness (QED) is 0.491. The van der Waals surface area contributed by atoms with Crippen molar-refractivity contribution in [2.24, 2.45) is 23.7 Å². The molecule has 0 unspecified atom stereocenters. The van der Waals surface area contributed by atoms with Crippen LogP contribution in [-0.4, -0.2) is 41.9 Å². The lowest BCUT2D eigenvalue weighted by molar-refractivity contribution is -0.193. The minimum absolute atomic E-state index is 0.0532. The lowest BCUT2D eigenvalue weighted by Gasteiger charge is -2.37. The summed E-state index contributed by atoms with van der Waals surface area (Å²) in [7, 11) is 0. The molecule has 0 radical (unpaired) electrons. The standard InChI is InChI=1S/C25H36N2O6/c1-7-16(6)20(25(31)32-13-17-11-9-8-10-12-17)27-22(28)19(15(4)5)26-23(29)21-18(14(2)3)24(30)33-21/h8-12,14-16,18-21H,7,13H2,1-6H3,(H,26,29)(H,27,28)/t16-,18-,19-,20-,21+/m0/s1. The number of benzene rings is 1. The summed E-state index contributed by atoms with van der Waals surface area (Å²) in [5, 5.41) is 5.47. The van der Waals surface area contributed by atoms with E-state index in [1.165, 1.54) is 0 Å². The Morgan fingerprint density at radius 1 is 1.00 bits per heavy atom. The lowest BCUT2D eigenvalue weighted by Crippen LogP contribution is -2.61. The molecule has 8 heteroatoms. The number of hydrogen-bond donors (Lipinski definition) is 2. The molecule has 182 valence electrons. The van der Waals surface area contributed by atoms with E-state index in [4.69, 9.17) is 9.47 Å². The van der Waals surface area contributed by atoms with Gasteiger partial charge in [-0.25, -0.2) is 4.79 Å². The first-order valence-corrected chi connectivity index (χ1v) is 11.6. The number of esters is 2. The zero-order valence-corrected chi connectivity index (χ0v) is 20.3. The van der Waals surface area contributed by atoms with Crippen LogP contribution in [0.15, 0.2) is 30.3 Å². The minimum Gasteiger partial charge on any atom is -0.459 e. The molecule has 1 fully saturated rings. The van der Waals surface area contributed by atoms with Crippen LogP contribution in [0.2, 0.25) is 0 Å². The highest BCUT2D eigenvalue weighted by Gasteiger charge is 2.49. The third kappa shape index (κ3) is 6.79. The molecule has 8 nitrogen and oxygen atoms in total. The molecule has 2 N–H and O–H groups in total. The van der Waals surface area contributed by atoms with Gasteiger partial charge >= 0.3 is 11.9 Å². The van der Waals surface area contributed by atoms with Crippen LogP contribution in [-0.2, 0) is 35.3 Å². The van der Waals surface area contributed by atoms with Gasteiger partial charge in [-0.3, -0.25) is 14.4 Å². The van der Waals surface area contributed by atoms with E-state index in [-0.39, 0.29) is 24.4 Å². The maximum absolute atomic E-state index is 13.1. The molecule has 2 amide bonds. The summed E-state index contributed by atoms with van der Waals surface area (Å²) in [6.07, 6.45) is -0.259. The summed E-state index contributed by atoms with van der Waals surface area (Å²) in [5.41, 5.74) is 0.849. The molecule has 0 spiro atoms. The average Bonchev–Trinajstić information content (AvgIpc) is 2.76. The highest BCUT2D eigenvalue weighted by atomic mass is 16.6. The highest BCUT2D eigenvalue weighted by Crippen LogP contribution is 2.29. The van der Waals surface area contributed by atoms with Gasteiger partial charge in [0.25, 0.3) is 5.91 Å². The van der Waals surface area contributed by atoms with Crippen molar-refractivity contribution in [3.05, 3.63) is 35.9 Å².